The van der Waals surface area contributed by atoms with Gasteiger partial charge in [-0.2, -0.15) is 0 Å². The number of nitrogens with zero attached hydrogens (tertiary/aromatic N) is 1. The first-order valence-corrected chi connectivity index (χ1v) is 8.03. The molecule has 23 heavy (non-hydrogen) atoms. The first-order chi connectivity index (χ1) is 11.2. The van der Waals surface area contributed by atoms with Crippen molar-refractivity contribution in [2.24, 2.45) is 0 Å². The molecule has 4 nitrogen and oxygen atoms in total. The Morgan fingerprint density at radius 2 is 1.65 bits per heavy atom. The van der Waals surface area contributed by atoms with Crippen molar-refractivity contribution in [3.63, 3.8) is 0 Å². The summed E-state index contributed by atoms with van der Waals surface area (Å²) >= 11 is 0. The maximum atomic E-state index is 5.63. The molecule has 0 atom stereocenters. The van der Waals surface area contributed by atoms with Gasteiger partial charge in [0.05, 0.1) is 0 Å². The summed E-state index contributed by atoms with van der Waals surface area (Å²) in [5, 5.41) is 3.52. The summed E-state index contributed by atoms with van der Waals surface area (Å²) in [4.78, 5) is 2.19. The summed E-state index contributed by atoms with van der Waals surface area (Å²) in [6.07, 6.45) is 0. The molecule has 0 aromatic heterocycles. The van der Waals surface area contributed by atoms with Crippen LogP contribution in [0.2, 0.25) is 0 Å². The fourth-order valence-electron chi connectivity index (χ4n) is 2.76. The Kier molecular flexibility index (Phi) is 5.16. The van der Waals surface area contributed by atoms with Gasteiger partial charge in [0.1, 0.15) is 13.2 Å². The molecule has 4 heteroatoms. The first kappa shape index (κ1) is 15.8. The number of fused-ring (bicyclic) bond motifs is 1. The average Bonchev–Trinajstić information content (AvgIpc) is 2.56. The minimum absolute atomic E-state index is 0.627. The van der Waals surface area contributed by atoms with Gasteiger partial charge >= 0.3 is 0 Å². The van der Waals surface area contributed by atoms with E-state index >= 15 is 0 Å². The van der Waals surface area contributed by atoms with Crippen LogP contribution < -0.4 is 14.8 Å². The monoisotopic (exact) mass is 312 g/mol. The third-order valence-corrected chi connectivity index (χ3v) is 3.86. The van der Waals surface area contributed by atoms with Gasteiger partial charge in [0.15, 0.2) is 11.5 Å². The Labute approximate surface area is 138 Å². The lowest BCUT2D eigenvalue weighted by molar-refractivity contribution is 0.171. The highest BCUT2D eigenvalue weighted by atomic mass is 16.6. The normalized spacial score (nSPS) is 13.3. The van der Waals surface area contributed by atoms with Crippen LogP contribution in [0.25, 0.3) is 0 Å². The third kappa shape index (κ3) is 4.24. The van der Waals surface area contributed by atoms with E-state index in [1.165, 1.54) is 16.7 Å². The molecular formula is C19H24N2O2. The predicted octanol–water partition coefficient (Wildman–Crippen LogP) is 2.81. The molecule has 122 valence electrons. The lowest BCUT2D eigenvalue weighted by Gasteiger charge is -2.19. The molecule has 3 rings (SSSR count). The Balaban J connectivity index is 1.59. The second-order valence-corrected chi connectivity index (χ2v) is 6.09. The number of hydrogen-bond donors (Lipinski definition) is 1. The summed E-state index contributed by atoms with van der Waals surface area (Å²) in [5.41, 5.74) is 3.92. The van der Waals surface area contributed by atoms with Crippen molar-refractivity contribution in [2.45, 2.75) is 19.6 Å². The summed E-state index contributed by atoms with van der Waals surface area (Å²) in [6, 6.07) is 14.7. The minimum atomic E-state index is 0.627. The van der Waals surface area contributed by atoms with Crippen LogP contribution >= 0.6 is 0 Å². The highest BCUT2D eigenvalue weighted by Gasteiger charge is 2.11. The van der Waals surface area contributed by atoms with Crippen LogP contribution in [0.1, 0.15) is 16.7 Å². The Bertz CT molecular complexity index is 656. The van der Waals surface area contributed by atoms with Crippen LogP contribution in [0.4, 0.5) is 0 Å². The molecule has 0 bridgehead atoms. The highest BCUT2D eigenvalue weighted by molar-refractivity contribution is 5.43. The first-order valence-electron chi connectivity index (χ1n) is 8.03. The number of benzene rings is 2. The summed E-state index contributed by atoms with van der Waals surface area (Å²) in [5.74, 6) is 1.69. The summed E-state index contributed by atoms with van der Waals surface area (Å²) in [7, 11) is 4.19. The van der Waals surface area contributed by atoms with Crippen LogP contribution in [0.3, 0.4) is 0 Å². The van der Waals surface area contributed by atoms with Crippen molar-refractivity contribution in [3.05, 3.63) is 59.2 Å². The van der Waals surface area contributed by atoms with Crippen molar-refractivity contribution in [3.8, 4) is 11.5 Å². The van der Waals surface area contributed by atoms with Crippen LogP contribution in [0.5, 0.6) is 11.5 Å². The molecule has 0 saturated carbocycles. The van der Waals surface area contributed by atoms with E-state index in [0.717, 1.165) is 31.1 Å². The number of rotatable bonds is 6. The molecule has 2 aromatic rings. The Morgan fingerprint density at radius 1 is 0.913 bits per heavy atom. The quantitative estimate of drug-likeness (QED) is 0.889. The Hall–Kier alpha value is -2.04. The third-order valence-electron chi connectivity index (χ3n) is 3.86. The van der Waals surface area contributed by atoms with Crippen molar-refractivity contribution < 1.29 is 9.47 Å². The Morgan fingerprint density at radius 3 is 2.43 bits per heavy atom. The molecule has 0 amide bonds. The smallest absolute Gasteiger partial charge is 0.161 e. The lowest BCUT2D eigenvalue weighted by Crippen LogP contribution is -2.18. The SMILES string of the molecule is CN(C)Cc1ccccc1CNCc1ccc2c(c1)OCCO2. The van der Waals surface area contributed by atoms with E-state index in [-0.39, 0.29) is 0 Å². The van der Waals surface area contributed by atoms with Gasteiger partial charge in [-0.25, -0.2) is 0 Å². The van der Waals surface area contributed by atoms with Gasteiger partial charge in [-0.15, -0.1) is 0 Å². The average molecular weight is 312 g/mol. The van der Waals surface area contributed by atoms with Crippen LogP contribution in [-0.2, 0) is 19.6 Å². The minimum Gasteiger partial charge on any atom is -0.486 e. The van der Waals surface area contributed by atoms with E-state index in [4.69, 9.17) is 9.47 Å². The largest absolute Gasteiger partial charge is 0.486 e. The summed E-state index contributed by atoms with van der Waals surface area (Å²) in [6.45, 7) is 3.89. The molecule has 1 N–H and O–H groups in total. The molecule has 0 saturated heterocycles. The highest BCUT2D eigenvalue weighted by Crippen LogP contribution is 2.30. The lowest BCUT2D eigenvalue weighted by atomic mass is 10.1. The molecule has 0 spiro atoms. The van der Waals surface area contributed by atoms with Crippen molar-refractivity contribution in [1.29, 1.82) is 0 Å². The van der Waals surface area contributed by atoms with Gasteiger partial charge in [-0.3, -0.25) is 0 Å². The van der Waals surface area contributed by atoms with Gasteiger partial charge in [0.25, 0.3) is 0 Å². The molecular weight excluding hydrogens is 288 g/mol. The maximum absolute atomic E-state index is 5.63. The second kappa shape index (κ2) is 7.49. The molecule has 0 unspecified atom stereocenters. The van der Waals surface area contributed by atoms with Gasteiger partial charge in [0, 0.05) is 19.6 Å². The molecule has 0 radical (unpaired) electrons. The molecule has 2 aromatic carbocycles. The summed E-state index contributed by atoms with van der Waals surface area (Å²) < 4.78 is 11.2. The van der Waals surface area contributed by atoms with E-state index in [0.29, 0.717) is 13.2 Å². The zero-order chi connectivity index (χ0) is 16.1. The predicted molar refractivity (Wildman–Crippen MR) is 91.8 cm³/mol. The van der Waals surface area contributed by atoms with Crippen LogP contribution in [0.15, 0.2) is 42.5 Å². The molecule has 0 fully saturated rings. The fraction of sp³-hybridized carbons (Fsp3) is 0.368. The zero-order valence-electron chi connectivity index (χ0n) is 13.8. The van der Waals surface area contributed by atoms with Crippen molar-refractivity contribution in [1.82, 2.24) is 10.2 Å². The standard InChI is InChI=1S/C19H24N2O2/c1-21(2)14-17-6-4-3-5-16(17)13-20-12-15-7-8-18-19(11-15)23-10-9-22-18/h3-8,11,20H,9-10,12-14H2,1-2H3. The maximum Gasteiger partial charge on any atom is 0.161 e. The van der Waals surface area contributed by atoms with E-state index in [2.05, 4.69) is 60.7 Å². The number of nitrogens with one attached hydrogen (secondary N) is 1. The second-order valence-electron chi connectivity index (χ2n) is 6.09. The van der Waals surface area contributed by atoms with E-state index < -0.39 is 0 Å². The van der Waals surface area contributed by atoms with Crippen LogP contribution in [-0.4, -0.2) is 32.2 Å². The van der Waals surface area contributed by atoms with E-state index in [9.17, 15) is 0 Å². The van der Waals surface area contributed by atoms with Gasteiger partial charge in [0.2, 0.25) is 0 Å². The molecule has 1 heterocycles. The molecule has 1 aliphatic rings. The molecule has 0 aliphatic carbocycles. The number of hydrogen-bond acceptors (Lipinski definition) is 4. The van der Waals surface area contributed by atoms with Gasteiger partial charge < -0.3 is 19.7 Å². The van der Waals surface area contributed by atoms with E-state index in [1.807, 2.05) is 6.07 Å². The van der Waals surface area contributed by atoms with Crippen LogP contribution in [0, 0.1) is 0 Å². The van der Waals surface area contributed by atoms with Crippen molar-refractivity contribution >= 4 is 0 Å². The van der Waals surface area contributed by atoms with Gasteiger partial charge in [-0.05, 0) is 42.9 Å². The fourth-order valence-corrected chi connectivity index (χ4v) is 2.76. The van der Waals surface area contributed by atoms with Gasteiger partial charge in [-0.1, -0.05) is 30.3 Å². The number of ether oxygens (including phenoxy) is 2. The van der Waals surface area contributed by atoms with E-state index in [1.54, 1.807) is 0 Å². The van der Waals surface area contributed by atoms with Crippen molar-refractivity contribution in [2.75, 3.05) is 27.3 Å². The zero-order valence-corrected chi connectivity index (χ0v) is 13.8. The molecule has 1 aliphatic heterocycles. The topological polar surface area (TPSA) is 33.7 Å².